The van der Waals surface area contributed by atoms with E-state index in [1.807, 2.05) is 12.1 Å². The second-order valence-corrected chi connectivity index (χ2v) is 11.2. The first-order valence-corrected chi connectivity index (χ1v) is 14.6. The van der Waals surface area contributed by atoms with Crippen molar-refractivity contribution in [3.8, 4) is 16.8 Å². The molecular weight excluding hydrogens is 526 g/mol. The molecule has 0 radical (unpaired) electrons. The molecule has 10 aromatic rings. The molecule has 0 atom stereocenters. The highest BCUT2D eigenvalue weighted by atomic mass is 16.3. The van der Waals surface area contributed by atoms with Crippen LogP contribution in [0.1, 0.15) is 0 Å². The second-order valence-electron chi connectivity index (χ2n) is 11.2. The van der Waals surface area contributed by atoms with Gasteiger partial charge in [0, 0.05) is 38.2 Å². The maximum Gasteiger partial charge on any atom is 0.147 e. The molecule has 4 aromatic heterocycles. The number of nitrogens with zero attached hydrogens (tertiary/aromatic N) is 3. The van der Waals surface area contributed by atoms with Gasteiger partial charge in [-0.15, -0.1) is 0 Å². The minimum Gasteiger partial charge on any atom is -0.455 e. The van der Waals surface area contributed by atoms with Crippen LogP contribution in [-0.4, -0.2) is 14.0 Å². The topological polar surface area (TPSA) is 35.4 Å². The van der Waals surface area contributed by atoms with Crippen LogP contribution in [0, 0.1) is 0 Å². The van der Waals surface area contributed by atoms with E-state index in [1.165, 1.54) is 21.7 Å². The first-order valence-electron chi connectivity index (χ1n) is 14.6. The summed E-state index contributed by atoms with van der Waals surface area (Å²) in [5, 5.41) is 7.11. The van der Waals surface area contributed by atoms with Gasteiger partial charge >= 0.3 is 0 Å². The van der Waals surface area contributed by atoms with E-state index in [0.29, 0.717) is 0 Å². The first-order chi connectivity index (χ1) is 21.3. The van der Waals surface area contributed by atoms with Gasteiger partial charge in [0.2, 0.25) is 0 Å². The zero-order valence-corrected chi connectivity index (χ0v) is 23.0. The molecule has 0 unspecified atom stereocenters. The number of imidazole rings is 1. The van der Waals surface area contributed by atoms with Crippen molar-refractivity contribution >= 4 is 71.3 Å². The Balaban J connectivity index is 1.29. The third-order valence-electron chi connectivity index (χ3n) is 8.90. The number of hydrogen-bond acceptors (Lipinski definition) is 2. The van der Waals surface area contributed by atoms with Gasteiger partial charge in [-0.3, -0.25) is 8.97 Å². The molecule has 0 aliphatic rings. The Kier molecular flexibility index (Phi) is 4.42. The van der Waals surface area contributed by atoms with Crippen LogP contribution in [0.5, 0.6) is 0 Å². The summed E-state index contributed by atoms with van der Waals surface area (Å²) in [7, 11) is 0. The molecule has 0 aliphatic carbocycles. The maximum atomic E-state index is 6.36. The molecule has 0 aliphatic heterocycles. The fourth-order valence-corrected chi connectivity index (χ4v) is 7.05. The lowest BCUT2D eigenvalue weighted by atomic mass is 10.0. The highest BCUT2D eigenvalue weighted by Gasteiger charge is 2.21. The van der Waals surface area contributed by atoms with Crippen molar-refractivity contribution in [2.75, 3.05) is 0 Å². The van der Waals surface area contributed by atoms with E-state index in [4.69, 9.17) is 9.40 Å². The molecule has 4 heterocycles. The summed E-state index contributed by atoms with van der Waals surface area (Å²) in [6, 6.07) is 49.3. The number of furan rings is 1. The number of hydrogen-bond donors (Lipinski definition) is 0. The maximum absolute atomic E-state index is 6.36. The molecule has 0 spiro atoms. The van der Waals surface area contributed by atoms with Crippen molar-refractivity contribution < 1.29 is 4.42 Å². The summed E-state index contributed by atoms with van der Waals surface area (Å²) in [6.07, 6.45) is 0. The van der Waals surface area contributed by atoms with Crippen LogP contribution in [0.4, 0.5) is 0 Å². The summed E-state index contributed by atoms with van der Waals surface area (Å²) in [4.78, 5) is 5.14. The quantitative estimate of drug-likeness (QED) is 0.215. The molecule has 4 nitrogen and oxygen atoms in total. The van der Waals surface area contributed by atoms with E-state index in [-0.39, 0.29) is 0 Å². The third-order valence-corrected chi connectivity index (χ3v) is 8.90. The summed E-state index contributed by atoms with van der Waals surface area (Å²) in [5.41, 5.74) is 10.5. The summed E-state index contributed by atoms with van der Waals surface area (Å²) in [6.45, 7) is 0. The Morgan fingerprint density at radius 3 is 2.05 bits per heavy atom. The van der Waals surface area contributed by atoms with E-state index < -0.39 is 0 Å². The van der Waals surface area contributed by atoms with Crippen LogP contribution in [0.2, 0.25) is 0 Å². The fraction of sp³-hybridized carbons (Fsp3) is 0. The van der Waals surface area contributed by atoms with Gasteiger partial charge in [-0.05, 0) is 47.3 Å². The molecule has 43 heavy (non-hydrogen) atoms. The molecule has 200 valence electrons. The number of rotatable bonds is 2. The van der Waals surface area contributed by atoms with Gasteiger partial charge in [0.1, 0.15) is 22.5 Å². The average molecular weight is 550 g/mol. The highest BCUT2D eigenvalue weighted by Crippen LogP contribution is 2.41. The minimum atomic E-state index is 0.913. The van der Waals surface area contributed by atoms with Gasteiger partial charge in [0.05, 0.1) is 16.6 Å². The molecule has 0 amide bonds. The van der Waals surface area contributed by atoms with Crippen molar-refractivity contribution in [1.29, 1.82) is 0 Å². The van der Waals surface area contributed by atoms with Crippen molar-refractivity contribution in [1.82, 2.24) is 14.0 Å². The van der Waals surface area contributed by atoms with Crippen LogP contribution < -0.4 is 0 Å². The fourth-order valence-electron chi connectivity index (χ4n) is 7.05. The number of para-hydroxylation sites is 5. The molecule has 0 fully saturated rings. The van der Waals surface area contributed by atoms with Gasteiger partial charge in [-0.2, -0.15) is 0 Å². The van der Waals surface area contributed by atoms with E-state index in [1.54, 1.807) is 0 Å². The van der Waals surface area contributed by atoms with Gasteiger partial charge in [0.15, 0.2) is 0 Å². The minimum absolute atomic E-state index is 0.913. The Labute approximate surface area is 245 Å². The predicted molar refractivity (Wildman–Crippen MR) is 177 cm³/mol. The summed E-state index contributed by atoms with van der Waals surface area (Å²) < 4.78 is 11.1. The lowest BCUT2D eigenvalue weighted by molar-refractivity contribution is 0.670. The number of fused-ring (bicyclic) bond motifs is 13. The monoisotopic (exact) mass is 549 g/mol. The third kappa shape index (κ3) is 3.02. The van der Waals surface area contributed by atoms with Crippen LogP contribution in [-0.2, 0) is 0 Å². The number of aromatic nitrogens is 3. The molecule has 0 saturated carbocycles. The zero-order chi connectivity index (χ0) is 28.1. The molecule has 6 aromatic carbocycles. The molecule has 0 N–H and O–H groups in total. The van der Waals surface area contributed by atoms with Crippen LogP contribution in [0.3, 0.4) is 0 Å². The van der Waals surface area contributed by atoms with Crippen LogP contribution >= 0.6 is 0 Å². The molecule has 0 saturated heterocycles. The van der Waals surface area contributed by atoms with E-state index in [0.717, 1.165) is 66.5 Å². The summed E-state index contributed by atoms with van der Waals surface area (Å²) >= 11 is 0. The lowest BCUT2D eigenvalue weighted by Crippen LogP contribution is -1.99. The van der Waals surface area contributed by atoms with Crippen LogP contribution in [0.15, 0.2) is 144 Å². The number of benzene rings is 6. The average Bonchev–Trinajstić information content (AvgIpc) is 3.75. The Morgan fingerprint density at radius 1 is 0.512 bits per heavy atom. The number of pyridine rings is 1. The Bertz CT molecular complexity index is 2720. The van der Waals surface area contributed by atoms with Gasteiger partial charge in [-0.1, -0.05) is 103 Å². The van der Waals surface area contributed by atoms with E-state index >= 15 is 0 Å². The van der Waals surface area contributed by atoms with E-state index in [9.17, 15) is 0 Å². The zero-order valence-electron chi connectivity index (χ0n) is 23.0. The lowest BCUT2D eigenvalue weighted by Gasteiger charge is -2.12. The Morgan fingerprint density at radius 2 is 1.19 bits per heavy atom. The molecule has 0 bridgehead atoms. The van der Waals surface area contributed by atoms with Crippen LogP contribution in [0.25, 0.3) is 88.1 Å². The molecule has 10 rings (SSSR count). The second kappa shape index (κ2) is 8.34. The highest BCUT2D eigenvalue weighted by molar-refractivity contribution is 6.24. The van der Waals surface area contributed by atoms with Gasteiger partial charge in [0.25, 0.3) is 0 Å². The largest absolute Gasteiger partial charge is 0.455 e. The summed E-state index contributed by atoms with van der Waals surface area (Å²) in [5.74, 6) is 0. The van der Waals surface area contributed by atoms with Crippen molar-refractivity contribution in [2.45, 2.75) is 0 Å². The standard InChI is InChI=1S/C39H23N3O/c1-2-12-30-28(11-1)36-31-13-3-6-17-33(31)41(39(36)42-34-18-7-5-16-32(34)40-38(30)42)25-22-20-24(21-23-25)26-14-9-15-29-27-10-4-8-19-35(27)43-37(26)29/h1-23H. The normalized spacial score (nSPS) is 12.2. The first kappa shape index (κ1) is 22.8. The smallest absolute Gasteiger partial charge is 0.147 e. The SMILES string of the molecule is c1ccc2c(c1)nc1c3ccccc3c3c4ccccc4n(-c4ccc(-c5cccc6c5oc5ccccc56)cc4)c3n21. The van der Waals surface area contributed by atoms with Gasteiger partial charge < -0.3 is 4.42 Å². The molecule has 4 heteroatoms. The van der Waals surface area contributed by atoms with Crippen molar-refractivity contribution in [3.63, 3.8) is 0 Å². The Hall–Kier alpha value is -5.87. The van der Waals surface area contributed by atoms with Crippen molar-refractivity contribution in [3.05, 3.63) is 140 Å². The predicted octanol–water partition coefficient (Wildman–Crippen LogP) is 10.3. The van der Waals surface area contributed by atoms with Gasteiger partial charge in [-0.25, -0.2) is 4.98 Å². The van der Waals surface area contributed by atoms with Crippen molar-refractivity contribution in [2.24, 2.45) is 0 Å². The molecular formula is C39H23N3O. The van der Waals surface area contributed by atoms with E-state index in [2.05, 4.69) is 136 Å².